The maximum atomic E-state index is 5.36. The lowest BCUT2D eigenvalue weighted by Crippen LogP contribution is -2.36. The van der Waals surface area contributed by atoms with E-state index in [4.69, 9.17) is 4.74 Å². The molecule has 2 saturated heterocycles. The van der Waals surface area contributed by atoms with E-state index in [9.17, 15) is 0 Å². The van der Waals surface area contributed by atoms with Crippen molar-refractivity contribution < 1.29 is 4.74 Å². The summed E-state index contributed by atoms with van der Waals surface area (Å²) in [6, 6.07) is 4.89. The average Bonchev–Trinajstić information content (AvgIpc) is 2.50. The van der Waals surface area contributed by atoms with Gasteiger partial charge in [-0.3, -0.25) is 0 Å². The summed E-state index contributed by atoms with van der Waals surface area (Å²) >= 11 is 2.06. The van der Waals surface area contributed by atoms with Crippen molar-refractivity contribution in [3.05, 3.63) is 18.3 Å². The van der Waals surface area contributed by atoms with Crippen LogP contribution in [0.4, 0.5) is 11.5 Å². The van der Waals surface area contributed by atoms with Crippen LogP contribution in [0, 0.1) is 0 Å². The molecule has 104 valence electrons. The van der Waals surface area contributed by atoms with Crippen molar-refractivity contribution in [3.63, 3.8) is 0 Å². The Balaban J connectivity index is 1.58. The van der Waals surface area contributed by atoms with Gasteiger partial charge in [-0.2, -0.15) is 11.8 Å². The van der Waals surface area contributed by atoms with E-state index < -0.39 is 0 Å². The Kier molecular flexibility index (Phi) is 4.45. The minimum Gasteiger partial charge on any atom is -0.381 e. The first-order chi connectivity index (χ1) is 9.42. The summed E-state index contributed by atoms with van der Waals surface area (Å²) in [6.45, 7) is 3.50. The summed E-state index contributed by atoms with van der Waals surface area (Å²) in [6.07, 6.45) is 4.48. The van der Waals surface area contributed by atoms with Gasteiger partial charge in [0.05, 0.1) is 25.1 Å². The average molecular weight is 279 g/mol. The first-order valence-corrected chi connectivity index (χ1v) is 8.20. The van der Waals surface area contributed by atoms with Gasteiger partial charge in [0.1, 0.15) is 5.82 Å². The molecule has 4 nitrogen and oxygen atoms in total. The Bertz CT molecular complexity index is 386. The molecule has 1 N–H and O–H groups in total. The summed E-state index contributed by atoms with van der Waals surface area (Å²) < 4.78 is 5.36. The van der Waals surface area contributed by atoms with Gasteiger partial charge in [0.15, 0.2) is 0 Å². The molecule has 2 aliphatic heterocycles. The fourth-order valence-electron chi connectivity index (χ4n) is 2.53. The van der Waals surface area contributed by atoms with Gasteiger partial charge in [-0.1, -0.05) is 0 Å². The fourth-order valence-corrected chi connectivity index (χ4v) is 3.64. The summed E-state index contributed by atoms with van der Waals surface area (Å²) in [5.74, 6) is 3.61. The van der Waals surface area contributed by atoms with E-state index in [1.807, 2.05) is 6.20 Å². The molecule has 0 radical (unpaired) electrons. The van der Waals surface area contributed by atoms with Gasteiger partial charge in [-0.05, 0) is 36.5 Å². The zero-order valence-corrected chi connectivity index (χ0v) is 12.0. The minimum absolute atomic E-state index is 0.622. The lowest BCUT2D eigenvalue weighted by Gasteiger charge is -2.28. The van der Waals surface area contributed by atoms with Crippen molar-refractivity contribution >= 4 is 23.3 Å². The van der Waals surface area contributed by atoms with Gasteiger partial charge < -0.3 is 15.0 Å². The van der Waals surface area contributed by atoms with Crippen molar-refractivity contribution in [2.75, 3.05) is 48.0 Å². The Labute approximate surface area is 118 Å². The van der Waals surface area contributed by atoms with E-state index in [1.165, 1.54) is 24.3 Å². The smallest absolute Gasteiger partial charge is 0.128 e. The summed E-state index contributed by atoms with van der Waals surface area (Å²) in [7, 11) is 0. The molecule has 0 amide bonds. The molecule has 0 bridgehead atoms. The van der Waals surface area contributed by atoms with Gasteiger partial charge in [0.2, 0.25) is 0 Å². The van der Waals surface area contributed by atoms with Crippen LogP contribution in [0.5, 0.6) is 0 Å². The normalized spacial score (nSPS) is 21.4. The summed E-state index contributed by atoms with van der Waals surface area (Å²) in [4.78, 5) is 6.85. The molecule has 0 spiro atoms. The third-order valence-corrected chi connectivity index (χ3v) is 4.72. The fraction of sp³-hybridized carbons (Fsp3) is 0.643. The third-order valence-electron chi connectivity index (χ3n) is 3.68. The van der Waals surface area contributed by atoms with Gasteiger partial charge in [0.25, 0.3) is 0 Å². The van der Waals surface area contributed by atoms with Crippen LogP contribution in [0.1, 0.15) is 12.8 Å². The van der Waals surface area contributed by atoms with E-state index in [2.05, 4.69) is 39.1 Å². The monoisotopic (exact) mass is 279 g/mol. The topological polar surface area (TPSA) is 37.4 Å². The number of rotatable bonds is 3. The molecule has 5 heteroatoms. The standard InChI is InChI=1S/C14H21N3OS/c1-2-14(17-5-7-18-8-6-17)15-11-13(1)16-12-3-9-19-10-4-12/h1-2,11-12,16H,3-10H2. The maximum Gasteiger partial charge on any atom is 0.128 e. The van der Waals surface area contributed by atoms with Crippen molar-refractivity contribution in [2.45, 2.75) is 18.9 Å². The third kappa shape index (κ3) is 3.54. The van der Waals surface area contributed by atoms with Crippen LogP contribution in [-0.4, -0.2) is 48.8 Å². The number of nitrogens with zero attached hydrogens (tertiary/aromatic N) is 2. The second kappa shape index (κ2) is 6.48. The lowest BCUT2D eigenvalue weighted by atomic mass is 10.1. The highest BCUT2D eigenvalue weighted by molar-refractivity contribution is 7.99. The van der Waals surface area contributed by atoms with Gasteiger partial charge >= 0.3 is 0 Å². The van der Waals surface area contributed by atoms with Crippen molar-refractivity contribution in [1.29, 1.82) is 0 Å². The van der Waals surface area contributed by atoms with E-state index >= 15 is 0 Å². The Morgan fingerprint density at radius 2 is 2.00 bits per heavy atom. The van der Waals surface area contributed by atoms with E-state index in [0.29, 0.717) is 6.04 Å². The molecule has 0 atom stereocenters. The number of morpholine rings is 1. The Morgan fingerprint density at radius 1 is 1.21 bits per heavy atom. The molecular formula is C14H21N3OS. The molecule has 0 aliphatic carbocycles. The van der Waals surface area contributed by atoms with Crippen LogP contribution in [0.3, 0.4) is 0 Å². The predicted octanol–water partition coefficient (Wildman–Crippen LogP) is 2.23. The maximum absolute atomic E-state index is 5.36. The Morgan fingerprint density at radius 3 is 2.68 bits per heavy atom. The highest BCUT2D eigenvalue weighted by Gasteiger charge is 2.14. The minimum atomic E-state index is 0.622. The quantitative estimate of drug-likeness (QED) is 0.918. The lowest BCUT2D eigenvalue weighted by molar-refractivity contribution is 0.122. The molecule has 3 rings (SSSR count). The first-order valence-electron chi connectivity index (χ1n) is 7.05. The molecule has 19 heavy (non-hydrogen) atoms. The van der Waals surface area contributed by atoms with Crippen LogP contribution in [0.15, 0.2) is 18.3 Å². The van der Waals surface area contributed by atoms with Crippen LogP contribution in [0.25, 0.3) is 0 Å². The molecule has 0 aromatic carbocycles. The zero-order chi connectivity index (χ0) is 12.9. The summed E-state index contributed by atoms with van der Waals surface area (Å²) in [5, 5.41) is 3.59. The van der Waals surface area contributed by atoms with E-state index in [-0.39, 0.29) is 0 Å². The number of pyridine rings is 1. The number of hydrogen-bond donors (Lipinski definition) is 1. The molecule has 0 saturated carbocycles. The molecule has 2 aliphatic rings. The number of anilines is 2. The molecular weight excluding hydrogens is 258 g/mol. The van der Waals surface area contributed by atoms with Gasteiger partial charge in [-0.25, -0.2) is 4.98 Å². The number of nitrogens with one attached hydrogen (secondary N) is 1. The number of ether oxygens (including phenoxy) is 1. The molecule has 1 aromatic heterocycles. The van der Waals surface area contributed by atoms with Crippen LogP contribution in [0.2, 0.25) is 0 Å². The zero-order valence-electron chi connectivity index (χ0n) is 11.2. The predicted molar refractivity (Wildman–Crippen MR) is 81.2 cm³/mol. The molecule has 0 unspecified atom stereocenters. The second-order valence-electron chi connectivity index (χ2n) is 5.04. The number of hydrogen-bond acceptors (Lipinski definition) is 5. The second-order valence-corrected chi connectivity index (χ2v) is 6.26. The highest BCUT2D eigenvalue weighted by atomic mass is 32.2. The van der Waals surface area contributed by atoms with Crippen molar-refractivity contribution in [1.82, 2.24) is 4.98 Å². The van der Waals surface area contributed by atoms with Gasteiger partial charge in [0, 0.05) is 19.1 Å². The SMILES string of the molecule is c1cc(N2CCOCC2)ncc1NC1CCSCC1. The Hall–Kier alpha value is -0.940. The van der Waals surface area contributed by atoms with Crippen molar-refractivity contribution in [3.8, 4) is 0 Å². The first kappa shape index (κ1) is 13.1. The number of aromatic nitrogens is 1. The van der Waals surface area contributed by atoms with Crippen LogP contribution in [-0.2, 0) is 4.74 Å². The van der Waals surface area contributed by atoms with Gasteiger partial charge in [-0.15, -0.1) is 0 Å². The molecule has 1 aromatic rings. The molecule has 3 heterocycles. The van der Waals surface area contributed by atoms with Crippen LogP contribution >= 0.6 is 11.8 Å². The van der Waals surface area contributed by atoms with E-state index in [0.717, 1.165) is 37.8 Å². The number of thioether (sulfide) groups is 1. The summed E-state index contributed by atoms with van der Waals surface area (Å²) in [5.41, 5.74) is 1.15. The highest BCUT2D eigenvalue weighted by Crippen LogP contribution is 2.22. The molecule has 2 fully saturated rings. The largest absolute Gasteiger partial charge is 0.381 e. The van der Waals surface area contributed by atoms with Crippen LogP contribution < -0.4 is 10.2 Å². The van der Waals surface area contributed by atoms with Crippen molar-refractivity contribution in [2.24, 2.45) is 0 Å². The van der Waals surface area contributed by atoms with E-state index in [1.54, 1.807) is 0 Å².